The van der Waals surface area contributed by atoms with Gasteiger partial charge in [0.05, 0.1) is 24.4 Å². The number of halogens is 1. The van der Waals surface area contributed by atoms with Crippen molar-refractivity contribution in [2.24, 2.45) is 0 Å². The molecular weight excluding hydrogens is 472 g/mol. The number of sulfonamides is 1. The van der Waals surface area contributed by atoms with Crippen molar-refractivity contribution in [2.75, 3.05) is 18.6 Å². The molecule has 12 heteroatoms. The third-order valence-corrected chi connectivity index (χ3v) is 6.87. The molecule has 1 aliphatic heterocycles. The lowest BCUT2D eigenvalue weighted by Crippen LogP contribution is -2.38. The standard InChI is InChI=1S/C21H21ClN4O6S/c1-3-20-24-19(25-32-20)11-26-15-8-14(22)18(9-17(15)31-12-21(26)27)33(28,29)23-10-13-6-4-5-7-16(13)30-2/h4-9,23H,3,10-12H2,1-2H3. The molecule has 0 unspecified atom stereocenters. The summed E-state index contributed by atoms with van der Waals surface area (Å²) in [6, 6.07) is 9.75. The van der Waals surface area contributed by atoms with Crippen molar-refractivity contribution in [1.29, 1.82) is 0 Å². The largest absolute Gasteiger partial charge is 0.496 e. The van der Waals surface area contributed by atoms with Crippen LogP contribution in [0, 0.1) is 0 Å². The Morgan fingerprint density at radius 1 is 1.27 bits per heavy atom. The van der Waals surface area contributed by atoms with Gasteiger partial charge in [-0.05, 0) is 12.1 Å². The molecule has 0 radical (unpaired) electrons. The van der Waals surface area contributed by atoms with Gasteiger partial charge in [0.25, 0.3) is 5.91 Å². The number of rotatable bonds is 8. The average molecular weight is 493 g/mol. The van der Waals surface area contributed by atoms with Crippen LogP contribution in [0.1, 0.15) is 24.2 Å². The van der Waals surface area contributed by atoms with E-state index in [1.807, 2.05) is 6.92 Å². The van der Waals surface area contributed by atoms with E-state index in [0.29, 0.717) is 35.1 Å². The van der Waals surface area contributed by atoms with E-state index >= 15 is 0 Å². The van der Waals surface area contributed by atoms with Crippen LogP contribution in [0.5, 0.6) is 11.5 Å². The minimum absolute atomic E-state index is 0.00280. The van der Waals surface area contributed by atoms with E-state index < -0.39 is 10.0 Å². The molecule has 1 N–H and O–H groups in total. The van der Waals surface area contributed by atoms with Crippen molar-refractivity contribution in [3.8, 4) is 11.5 Å². The van der Waals surface area contributed by atoms with Crippen molar-refractivity contribution in [2.45, 2.75) is 31.3 Å². The van der Waals surface area contributed by atoms with Crippen molar-refractivity contribution >= 4 is 33.2 Å². The smallest absolute Gasteiger partial charge is 0.265 e. The number of nitrogens with zero attached hydrogens (tertiary/aromatic N) is 3. The second kappa shape index (κ2) is 9.38. The highest BCUT2D eigenvalue weighted by Crippen LogP contribution is 2.39. The number of carbonyl (C=O) groups excluding carboxylic acids is 1. The van der Waals surface area contributed by atoms with Crippen LogP contribution in [0.2, 0.25) is 5.02 Å². The Morgan fingerprint density at radius 3 is 2.79 bits per heavy atom. The number of hydrogen-bond donors (Lipinski definition) is 1. The summed E-state index contributed by atoms with van der Waals surface area (Å²) in [5, 5.41) is 3.80. The lowest BCUT2D eigenvalue weighted by molar-refractivity contribution is -0.121. The maximum Gasteiger partial charge on any atom is 0.265 e. The summed E-state index contributed by atoms with van der Waals surface area (Å²) >= 11 is 6.34. The molecule has 3 aromatic rings. The maximum absolute atomic E-state index is 13.0. The normalized spacial score (nSPS) is 13.5. The Hall–Kier alpha value is -3.15. The summed E-state index contributed by atoms with van der Waals surface area (Å²) in [6.07, 6.45) is 0.565. The summed E-state index contributed by atoms with van der Waals surface area (Å²) in [5.74, 6) is 1.19. The van der Waals surface area contributed by atoms with Crippen LogP contribution in [0.3, 0.4) is 0 Å². The number of nitrogens with one attached hydrogen (secondary N) is 1. The molecular formula is C21H21ClN4O6S. The van der Waals surface area contributed by atoms with E-state index in [-0.39, 0.29) is 41.3 Å². The van der Waals surface area contributed by atoms with Gasteiger partial charge in [-0.2, -0.15) is 4.98 Å². The number of anilines is 1. The van der Waals surface area contributed by atoms with Crippen LogP contribution in [0.4, 0.5) is 5.69 Å². The van der Waals surface area contributed by atoms with E-state index in [1.54, 1.807) is 24.3 Å². The van der Waals surface area contributed by atoms with Crippen LogP contribution in [-0.4, -0.2) is 38.2 Å². The molecule has 1 aliphatic rings. The van der Waals surface area contributed by atoms with E-state index in [1.165, 1.54) is 24.1 Å². The minimum atomic E-state index is -4.00. The van der Waals surface area contributed by atoms with E-state index in [2.05, 4.69) is 14.9 Å². The zero-order valence-corrected chi connectivity index (χ0v) is 19.4. The van der Waals surface area contributed by atoms with Gasteiger partial charge < -0.3 is 14.0 Å². The number of ether oxygens (including phenoxy) is 2. The van der Waals surface area contributed by atoms with Crippen molar-refractivity contribution in [3.05, 3.63) is 58.7 Å². The summed E-state index contributed by atoms with van der Waals surface area (Å²) in [5.41, 5.74) is 0.986. The zero-order valence-electron chi connectivity index (χ0n) is 17.9. The van der Waals surface area contributed by atoms with Crippen molar-refractivity contribution < 1.29 is 27.2 Å². The van der Waals surface area contributed by atoms with Crippen LogP contribution in [-0.2, 0) is 34.3 Å². The van der Waals surface area contributed by atoms with Crippen LogP contribution >= 0.6 is 11.6 Å². The lowest BCUT2D eigenvalue weighted by atomic mass is 10.2. The van der Waals surface area contributed by atoms with E-state index in [9.17, 15) is 13.2 Å². The minimum Gasteiger partial charge on any atom is -0.496 e. The molecule has 10 nitrogen and oxygen atoms in total. The Balaban J connectivity index is 1.60. The number of aryl methyl sites for hydroxylation is 1. The molecule has 0 atom stereocenters. The molecule has 1 aromatic heterocycles. The highest BCUT2D eigenvalue weighted by atomic mass is 35.5. The van der Waals surface area contributed by atoms with E-state index in [0.717, 1.165) is 0 Å². The lowest BCUT2D eigenvalue weighted by Gasteiger charge is -2.29. The predicted molar refractivity (Wildman–Crippen MR) is 119 cm³/mol. The average Bonchev–Trinajstić information content (AvgIpc) is 3.27. The highest BCUT2D eigenvalue weighted by molar-refractivity contribution is 7.89. The first-order chi connectivity index (χ1) is 15.8. The molecule has 0 spiro atoms. The van der Waals surface area contributed by atoms with E-state index in [4.69, 9.17) is 25.6 Å². The van der Waals surface area contributed by atoms with Gasteiger partial charge in [0, 0.05) is 24.6 Å². The molecule has 2 heterocycles. The third-order valence-electron chi connectivity index (χ3n) is 5.00. The van der Waals surface area contributed by atoms with Gasteiger partial charge in [0.15, 0.2) is 12.4 Å². The van der Waals surface area contributed by atoms with Gasteiger partial charge in [0.2, 0.25) is 15.9 Å². The highest BCUT2D eigenvalue weighted by Gasteiger charge is 2.30. The van der Waals surface area contributed by atoms with Gasteiger partial charge in [-0.1, -0.05) is 41.9 Å². The topological polar surface area (TPSA) is 124 Å². The van der Waals surface area contributed by atoms with Gasteiger partial charge in [-0.25, -0.2) is 13.1 Å². The number of para-hydroxylation sites is 1. The number of fused-ring (bicyclic) bond motifs is 1. The number of carbonyl (C=O) groups is 1. The first-order valence-electron chi connectivity index (χ1n) is 10.0. The Kier molecular flexibility index (Phi) is 6.54. The summed E-state index contributed by atoms with van der Waals surface area (Å²) in [4.78, 5) is 17.9. The molecule has 0 saturated carbocycles. The number of methoxy groups -OCH3 is 1. The molecule has 1 amide bonds. The molecule has 2 aromatic carbocycles. The number of aromatic nitrogens is 2. The predicted octanol–water partition coefficient (Wildman–Crippen LogP) is 2.70. The Bertz CT molecular complexity index is 1290. The fourth-order valence-electron chi connectivity index (χ4n) is 3.32. The van der Waals surface area contributed by atoms with Crippen LogP contribution in [0.25, 0.3) is 0 Å². The molecule has 33 heavy (non-hydrogen) atoms. The molecule has 0 bridgehead atoms. The van der Waals surface area contributed by atoms with Crippen molar-refractivity contribution in [3.63, 3.8) is 0 Å². The van der Waals surface area contributed by atoms with Crippen LogP contribution in [0.15, 0.2) is 45.8 Å². The van der Waals surface area contributed by atoms with Gasteiger partial charge in [-0.15, -0.1) is 0 Å². The zero-order chi connectivity index (χ0) is 23.6. The first kappa shape index (κ1) is 23.0. The van der Waals surface area contributed by atoms with Gasteiger partial charge in [0.1, 0.15) is 16.4 Å². The number of benzene rings is 2. The fourth-order valence-corrected chi connectivity index (χ4v) is 4.86. The molecule has 0 aliphatic carbocycles. The maximum atomic E-state index is 13.0. The summed E-state index contributed by atoms with van der Waals surface area (Å²) in [6.45, 7) is 1.65. The number of hydrogen-bond acceptors (Lipinski definition) is 8. The second-order valence-electron chi connectivity index (χ2n) is 7.11. The number of amides is 1. The summed E-state index contributed by atoms with van der Waals surface area (Å²) < 4.78 is 44.3. The molecule has 0 saturated heterocycles. The van der Waals surface area contributed by atoms with Crippen molar-refractivity contribution in [1.82, 2.24) is 14.9 Å². The first-order valence-corrected chi connectivity index (χ1v) is 11.9. The Labute approximate surface area is 195 Å². The SMILES string of the molecule is CCc1nc(CN2C(=O)COc3cc(S(=O)(=O)NCc4ccccc4OC)c(Cl)cc32)no1. The second-order valence-corrected chi connectivity index (χ2v) is 9.26. The molecule has 4 rings (SSSR count). The third kappa shape index (κ3) is 4.80. The Morgan fingerprint density at radius 2 is 2.06 bits per heavy atom. The molecule has 174 valence electrons. The fraction of sp³-hybridized carbons (Fsp3) is 0.286. The molecule has 0 fully saturated rings. The quantitative estimate of drug-likeness (QED) is 0.509. The summed E-state index contributed by atoms with van der Waals surface area (Å²) in [7, 11) is -2.49. The van der Waals surface area contributed by atoms with Gasteiger partial charge in [-0.3, -0.25) is 9.69 Å². The monoisotopic (exact) mass is 492 g/mol. The van der Waals surface area contributed by atoms with Gasteiger partial charge >= 0.3 is 0 Å². The van der Waals surface area contributed by atoms with Crippen LogP contribution < -0.4 is 19.1 Å².